The van der Waals surface area contributed by atoms with Crippen LogP contribution in [0.25, 0.3) is 0 Å². The van der Waals surface area contributed by atoms with E-state index in [1.807, 2.05) is 0 Å². The zero-order valence-electron chi connectivity index (χ0n) is 10.2. The number of halogens is 2. The minimum Gasteiger partial charge on any atom is -0.262 e. The van der Waals surface area contributed by atoms with Gasteiger partial charge in [0.15, 0.2) is 5.82 Å². The van der Waals surface area contributed by atoms with Gasteiger partial charge in [0.05, 0.1) is 14.3 Å². The van der Waals surface area contributed by atoms with Gasteiger partial charge < -0.3 is 0 Å². The van der Waals surface area contributed by atoms with E-state index in [-0.39, 0.29) is 5.82 Å². The van der Waals surface area contributed by atoms with Gasteiger partial charge in [0.25, 0.3) is 10.0 Å². The second-order valence-corrected chi connectivity index (χ2v) is 6.35. The van der Waals surface area contributed by atoms with Gasteiger partial charge in [-0.2, -0.15) is 4.39 Å². The predicted octanol–water partition coefficient (Wildman–Crippen LogP) is 2.69. The Morgan fingerprint density at radius 3 is 2.62 bits per heavy atom. The fourth-order valence-corrected chi connectivity index (χ4v) is 2.98. The van der Waals surface area contributed by atoms with Crippen LogP contribution in [-0.2, 0) is 10.0 Å². The van der Waals surface area contributed by atoms with Crippen LogP contribution < -0.4 is 4.72 Å². The third kappa shape index (κ3) is 3.34. The molecule has 21 heavy (non-hydrogen) atoms. The van der Waals surface area contributed by atoms with E-state index in [1.165, 1.54) is 6.20 Å². The van der Waals surface area contributed by atoms with E-state index in [2.05, 4.69) is 25.6 Å². The minimum atomic E-state index is -4.11. The maximum absolute atomic E-state index is 13.5. The van der Waals surface area contributed by atoms with Crippen LogP contribution >= 0.6 is 15.9 Å². The maximum Gasteiger partial charge on any atom is 0.304 e. The Balaban J connectivity index is 2.39. The Hall–Kier alpha value is -2.07. The van der Waals surface area contributed by atoms with Gasteiger partial charge in [-0.3, -0.25) is 14.8 Å². The van der Waals surface area contributed by atoms with Crippen LogP contribution in [0.3, 0.4) is 0 Å². The molecular formula is C11H7BrFN3O4S. The molecular weight excluding hydrogens is 369 g/mol. The third-order valence-electron chi connectivity index (χ3n) is 2.42. The Bertz CT molecular complexity index is 813. The summed E-state index contributed by atoms with van der Waals surface area (Å²) in [4.78, 5) is 12.9. The molecule has 0 aliphatic carbocycles. The van der Waals surface area contributed by atoms with Gasteiger partial charge in [-0.15, -0.1) is 0 Å². The molecule has 0 saturated heterocycles. The third-order valence-corrected chi connectivity index (χ3v) is 4.39. The van der Waals surface area contributed by atoms with Crippen LogP contribution in [0.15, 0.2) is 45.9 Å². The average molecular weight is 376 g/mol. The molecule has 0 atom stereocenters. The first-order valence-corrected chi connectivity index (χ1v) is 7.66. The molecule has 1 heterocycles. The molecule has 0 saturated carbocycles. The smallest absolute Gasteiger partial charge is 0.262 e. The van der Waals surface area contributed by atoms with Crippen molar-refractivity contribution in [3.05, 3.63) is 56.9 Å². The highest BCUT2D eigenvalue weighted by atomic mass is 79.9. The number of nitrogens with one attached hydrogen (secondary N) is 1. The highest BCUT2D eigenvalue weighted by molar-refractivity contribution is 9.10. The summed E-state index contributed by atoms with van der Waals surface area (Å²) in [7, 11) is -4.11. The Morgan fingerprint density at radius 1 is 1.33 bits per heavy atom. The molecule has 0 aliphatic heterocycles. The summed E-state index contributed by atoms with van der Waals surface area (Å²) >= 11 is 3.11. The number of benzene rings is 1. The maximum atomic E-state index is 13.5. The molecule has 0 unspecified atom stereocenters. The number of aromatic nitrogens is 1. The Morgan fingerprint density at radius 2 is 2.05 bits per heavy atom. The molecule has 7 nitrogen and oxygen atoms in total. The summed E-state index contributed by atoms with van der Waals surface area (Å²) < 4.78 is 40.2. The highest BCUT2D eigenvalue weighted by Crippen LogP contribution is 2.24. The van der Waals surface area contributed by atoms with Crippen molar-refractivity contribution in [2.75, 3.05) is 4.72 Å². The topological polar surface area (TPSA) is 102 Å². The fourth-order valence-electron chi connectivity index (χ4n) is 1.45. The lowest BCUT2D eigenvalue weighted by Crippen LogP contribution is -2.14. The summed E-state index contributed by atoms with van der Waals surface area (Å²) in [6, 6.07) is 5.48. The number of sulfonamides is 1. The molecule has 1 aromatic heterocycles. The number of pyridine rings is 1. The molecule has 110 valence electrons. The summed E-state index contributed by atoms with van der Waals surface area (Å²) in [6.07, 6.45) is 1.37. The van der Waals surface area contributed by atoms with E-state index < -0.39 is 31.3 Å². The first-order chi connectivity index (χ1) is 9.81. The molecule has 0 bridgehead atoms. The lowest BCUT2D eigenvalue weighted by molar-refractivity contribution is -0.387. The molecule has 0 amide bonds. The molecule has 0 spiro atoms. The number of anilines is 1. The SMILES string of the molecule is O=[N+]([O-])c1ccc(S(=O)(=O)Nc2ncccc2Br)cc1F. The minimum absolute atomic E-state index is 0.0243. The van der Waals surface area contributed by atoms with Crippen LogP contribution in [0.2, 0.25) is 0 Å². The summed E-state index contributed by atoms with van der Waals surface area (Å²) in [5.41, 5.74) is -0.798. The summed E-state index contributed by atoms with van der Waals surface area (Å²) in [5.74, 6) is -1.21. The fraction of sp³-hybridized carbons (Fsp3) is 0. The van der Waals surface area contributed by atoms with E-state index in [0.717, 1.165) is 12.1 Å². The molecule has 1 N–H and O–H groups in total. The van der Waals surface area contributed by atoms with E-state index in [1.54, 1.807) is 12.1 Å². The second kappa shape index (κ2) is 5.74. The van der Waals surface area contributed by atoms with E-state index in [0.29, 0.717) is 10.5 Å². The number of nitro groups is 1. The summed E-state index contributed by atoms with van der Waals surface area (Å²) in [5, 5.41) is 10.5. The van der Waals surface area contributed by atoms with E-state index in [4.69, 9.17) is 0 Å². The van der Waals surface area contributed by atoms with Crippen LogP contribution in [0.1, 0.15) is 0 Å². The van der Waals surface area contributed by atoms with Gasteiger partial charge in [-0.1, -0.05) is 0 Å². The van der Waals surface area contributed by atoms with Crippen molar-refractivity contribution in [2.24, 2.45) is 0 Å². The second-order valence-electron chi connectivity index (χ2n) is 3.81. The van der Waals surface area contributed by atoms with Gasteiger partial charge in [-0.05, 0) is 34.1 Å². The first kappa shape index (κ1) is 15.3. The standard InChI is InChI=1S/C11H7BrFN3O4S/c12-8-2-1-5-14-11(8)15-21(19,20)7-3-4-10(16(17)18)9(13)6-7/h1-6H,(H,14,15). The number of nitro benzene ring substituents is 1. The molecule has 10 heteroatoms. The quantitative estimate of drug-likeness (QED) is 0.653. The van der Waals surface area contributed by atoms with Gasteiger partial charge in [0.2, 0.25) is 5.82 Å². The van der Waals surface area contributed by atoms with E-state index >= 15 is 0 Å². The predicted molar refractivity (Wildman–Crippen MR) is 75.8 cm³/mol. The molecule has 2 aromatic rings. The van der Waals surface area contributed by atoms with Gasteiger partial charge in [0.1, 0.15) is 0 Å². The van der Waals surface area contributed by atoms with Crippen molar-refractivity contribution >= 4 is 37.5 Å². The van der Waals surface area contributed by atoms with Gasteiger partial charge in [0, 0.05) is 18.3 Å². The zero-order chi connectivity index (χ0) is 15.6. The molecule has 0 fully saturated rings. The van der Waals surface area contributed by atoms with Crippen LogP contribution in [0.4, 0.5) is 15.9 Å². The molecule has 2 rings (SSSR count). The first-order valence-electron chi connectivity index (χ1n) is 5.38. The monoisotopic (exact) mass is 375 g/mol. The van der Waals surface area contributed by atoms with Crippen molar-refractivity contribution in [1.82, 2.24) is 4.98 Å². The van der Waals surface area contributed by atoms with Crippen molar-refractivity contribution < 1.29 is 17.7 Å². The summed E-state index contributed by atoms with van der Waals surface area (Å²) in [6.45, 7) is 0. The number of hydrogen-bond donors (Lipinski definition) is 1. The lowest BCUT2D eigenvalue weighted by Gasteiger charge is -2.08. The van der Waals surface area contributed by atoms with Crippen molar-refractivity contribution in [1.29, 1.82) is 0 Å². The zero-order valence-corrected chi connectivity index (χ0v) is 12.6. The number of hydrogen-bond acceptors (Lipinski definition) is 5. The molecule has 1 aromatic carbocycles. The van der Waals surface area contributed by atoms with Crippen molar-refractivity contribution in [3.8, 4) is 0 Å². The van der Waals surface area contributed by atoms with Gasteiger partial charge >= 0.3 is 5.69 Å². The lowest BCUT2D eigenvalue weighted by atomic mass is 10.3. The van der Waals surface area contributed by atoms with Crippen LogP contribution in [0.5, 0.6) is 0 Å². The Labute approximate surface area is 127 Å². The van der Waals surface area contributed by atoms with Crippen molar-refractivity contribution in [2.45, 2.75) is 4.90 Å². The largest absolute Gasteiger partial charge is 0.304 e. The van der Waals surface area contributed by atoms with Crippen molar-refractivity contribution in [3.63, 3.8) is 0 Å². The highest BCUT2D eigenvalue weighted by Gasteiger charge is 2.21. The van der Waals surface area contributed by atoms with E-state index in [9.17, 15) is 22.9 Å². The average Bonchev–Trinajstić information content (AvgIpc) is 2.40. The molecule has 0 radical (unpaired) electrons. The Kier molecular flexibility index (Phi) is 4.19. The van der Waals surface area contributed by atoms with Crippen LogP contribution in [-0.4, -0.2) is 18.3 Å². The number of nitrogens with zero attached hydrogens (tertiary/aromatic N) is 2. The van der Waals surface area contributed by atoms with Crippen LogP contribution in [0, 0.1) is 15.9 Å². The normalized spacial score (nSPS) is 11.1. The van der Waals surface area contributed by atoms with Gasteiger partial charge in [-0.25, -0.2) is 13.4 Å². The molecule has 0 aliphatic rings. The number of rotatable bonds is 4.